The van der Waals surface area contributed by atoms with E-state index in [0.29, 0.717) is 0 Å². The van der Waals surface area contributed by atoms with E-state index >= 15 is 0 Å². The van der Waals surface area contributed by atoms with Crippen LogP contribution in [0.25, 0.3) is 0 Å². The number of nitrogens with zero attached hydrogens (tertiary/aromatic N) is 2. The fourth-order valence-corrected chi connectivity index (χ4v) is 1.51. The lowest BCUT2D eigenvalue weighted by Crippen LogP contribution is -2.10. The lowest BCUT2D eigenvalue weighted by Gasteiger charge is -2.09. The molecule has 2 aromatic heterocycles. The zero-order valence-electron chi connectivity index (χ0n) is 10.6. The molecule has 0 saturated heterocycles. The monoisotopic (exact) mass is 323 g/mol. The van der Waals surface area contributed by atoms with Crippen molar-refractivity contribution in [3.05, 3.63) is 47.6 Å². The highest BCUT2D eigenvalue weighted by atomic mass is 19.3. The van der Waals surface area contributed by atoms with Crippen LogP contribution in [-0.4, -0.2) is 16.6 Å². The number of alkyl halides is 2. The molecule has 0 fully saturated rings. The number of ether oxygens (including phenoxy) is 1. The summed E-state index contributed by atoms with van der Waals surface area (Å²) in [6.45, 7) is -3.33. The van der Waals surface area contributed by atoms with Crippen molar-refractivity contribution in [2.45, 2.75) is 13.2 Å². The van der Waals surface area contributed by atoms with Crippen molar-refractivity contribution in [3.63, 3.8) is 0 Å². The smallest absolute Gasteiger partial charge is 0.387 e. The van der Waals surface area contributed by atoms with Gasteiger partial charge in [-0.3, -0.25) is 4.98 Å². The van der Waals surface area contributed by atoms with E-state index < -0.39 is 35.8 Å². The van der Waals surface area contributed by atoms with E-state index in [4.69, 9.17) is 0 Å². The molecule has 0 aromatic carbocycles. The molecule has 2 aromatic rings. The summed E-state index contributed by atoms with van der Waals surface area (Å²) in [5, 5.41) is 2.12. The van der Waals surface area contributed by atoms with Crippen molar-refractivity contribution in [2.24, 2.45) is 0 Å². The first kappa shape index (κ1) is 15.9. The first-order valence-electron chi connectivity index (χ1n) is 5.72. The third-order valence-corrected chi connectivity index (χ3v) is 2.47. The Morgan fingerprint density at radius 2 is 1.68 bits per heavy atom. The van der Waals surface area contributed by atoms with Gasteiger partial charge >= 0.3 is 6.61 Å². The number of anilines is 1. The zero-order valence-corrected chi connectivity index (χ0v) is 10.6. The van der Waals surface area contributed by atoms with Gasteiger partial charge in [0.1, 0.15) is 11.4 Å². The summed E-state index contributed by atoms with van der Waals surface area (Å²) in [6, 6.07) is 2.38. The number of pyridine rings is 2. The van der Waals surface area contributed by atoms with Crippen molar-refractivity contribution >= 4 is 5.69 Å². The maximum absolute atomic E-state index is 13.3. The highest BCUT2D eigenvalue weighted by Crippen LogP contribution is 2.22. The molecule has 0 saturated carbocycles. The van der Waals surface area contributed by atoms with Crippen molar-refractivity contribution in [1.29, 1.82) is 0 Å². The third-order valence-electron chi connectivity index (χ3n) is 2.47. The van der Waals surface area contributed by atoms with E-state index in [1.165, 1.54) is 6.07 Å². The van der Waals surface area contributed by atoms with Crippen LogP contribution < -0.4 is 10.1 Å². The molecule has 0 amide bonds. The second kappa shape index (κ2) is 6.50. The Labute approximate surface area is 119 Å². The van der Waals surface area contributed by atoms with E-state index in [9.17, 15) is 26.3 Å². The summed E-state index contributed by atoms with van der Waals surface area (Å²) in [5.41, 5.74) is -0.877. The van der Waals surface area contributed by atoms with Gasteiger partial charge in [0.15, 0.2) is 0 Å². The Bertz CT molecular complexity index is 639. The molecule has 0 aliphatic heterocycles. The van der Waals surface area contributed by atoms with Crippen LogP contribution in [0.5, 0.6) is 5.75 Å². The summed E-state index contributed by atoms with van der Waals surface area (Å²) in [4.78, 5) is 6.08. The van der Waals surface area contributed by atoms with Crippen LogP contribution in [0, 0.1) is 23.5 Å². The van der Waals surface area contributed by atoms with Crippen molar-refractivity contribution in [1.82, 2.24) is 9.97 Å². The molecule has 118 valence electrons. The van der Waals surface area contributed by atoms with E-state index in [1.54, 1.807) is 0 Å². The van der Waals surface area contributed by atoms with Crippen molar-refractivity contribution < 1.29 is 31.1 Å². The largest absolute Gasteiger partial charge is 0.433 e. The van der Waals surface area contributed by atoms with Crippen LogP contribution in [0.3, 0.4) is 0 Å². The van der Waals surface area contributed by atoms with Gasteiger partial charge in [-0.05, 0) is 12.1 Å². The average Bonchev–Trinajstić information content (AvgIpc) is 2.46. The summed E-state index contributed by atoms with van der Waals surface area (Å²) in [7, 11) is 0. The second-order valence-electron chi connectivity index (χ2n) is 3.91. The fraction of sp³-hybridized carbons (Fsp3) is 0.167. The summed E-state index contributed by atoms with van der Waals surface area (Å²) in [6.07, 6.45) is 0.962. The van der Waals surface area contributed by atoms with Gasteiger partial charge in [0.25, 0.3) is 11.9 Å². The van der Waals surface area contributed by atoms with E-state index in [0.717, 1.165) is 12.3 Å². The SMILES string of the molecule is Fc1nc(F)c(F)c(NCc2ccc(OC(F)F)cn2)c1F. The molecule has 0 aliphatic rings. The molecule has 0 unspecified atom stereocenters. The summed E-state index contributed by atoms with van der Waals surface area (Å²) in [5.74, 6) is -7.17. The Hall–Kier alpha value is -2.52. The average molecular weight is 323 g/mol. The molecule has 2 rings (SSSR count). The Morgan fingerprint density at radius 1 is 1.05 bits per heavy atom. The standard InChI is InChI=1S/C12H7F6N3O/c13-7-9(8(14)11(16)21-10(7)15)20-3-5-1-2-6(4-19-5)22-12(17)18/h1-2,4,12H,3H2,(H,20,21). The number of rotatable bonds is 5. The molecule has 10 heteroatoms. The summed E-state index contributed by atoms with van der Waals surface area (Å²) >= 11 is 0. The first-order valence-corrected chi connectivity index (χ1v) is 5.72. The molecule has 0 bridgehead atoms. The number of hydrogen-bond acceptors (Lipinski definition) is 4. The molecule has 1 N–H and O–H groups in total. The minimum absolute atomic E-state index is 0.165. The zero-order chi connectivity index (χ0) is 16.3. The molecular formula is C12H7F6N3O. The Morgan fingerprint density at radius 3 is 2.18 bits per heavy atom. The minimum atomic E-state index is -3.02. The third kappa shape index (κ3) is 3.57. The maximum Gasteiger partial charge on any atom is 0.387 e. The van der Waals surface area contributed by atoms with Gasteiger partial charge in [0.05, 0.1) is 18.4 Å². The quantitative estimate of drug-likeness (QED) is 0.678. The van der Waals surface area contributed by atoms with Gasteiger partial charge in [-0.2, -0.15) is 31.3 Å². The highest BCUT2D eigenvalue weighted by Gasteiger charge is 2.20. The number of nitrogens with one attached hydrogen (secondary N) is 1. The molecule has 0 atom stereocenters. The van der Waals surface area contributed by atoms with Gasteiger partial charge < -0.3 is 10.1 Å². The van der Waals surface area contributed by atoms with Gasteiger partial charge in [0.2, 0.25) is 11.6 Å². The molecule has 2 heterocycles. The molecule has 22 heavy (non-hydrogen) atoms. The number of halogens is 6. The summed E-state index contributed by atoms with van der Waals surface area (Å²) < 4.78 is 80.3. The predicted octanol–water partition coefficient (Wildman–Crippen LogP) is 3.25. The van der Waals surface area contributed by atoms with Crippen LogP contribution in [0.2, 0.25) is 0 Å². The highest BCUT2D eigenvalue weighted by molar-refractivity contribution is 5.45. The lowest BCUT2D eigenvalue weighted by molar-refractivity contribution is -0.0500. The molecule has 0 spiro atoms. The van der Waals surface area contributed by atoms with Gasteiger partial charge in [-0.15, -0.1) is 0 Å². The minimum Gasteiger partial charge on any atom is -0.433 e. The first-order chi connectivity index (χ1) is 10.4. The fourth-order valence-electron chi connectivity index (χ4n) is 1.51. The van der Waals surface area contributed by atoms with Crippen molar-refractivity contribution in [3.8, 4) is 5.75 Å². The second-order valence-corrected chi connectivity index (χ2v) is 3.91. The molecule has 0 radical (unpaired) electrons. The Balaban J connectivity index is 2.10. The predicted molar refractivity (Wildman–Crippen MR) is 62.3 cm³/mol. The van der Waals surface area contributed by atoms with Gasteiger partial charge in [-0.25, -0.2) is 0 Å². The van der Waals surface area contributed by atoms with Crippen LogP contribution in [-0.2, 0) is 6.54 Å². The number of aromatic nitrogens is 2. The topological polar surface area (TPSA) is 47.0 Å². The van der Waals surface area contributed by atoms with Crippen LogP contribution in [0.1, 0.15) is 5.69 Å². The van der Waals surface area contributed by atoms with Gasteiger partial charge in [-0.1, -0.05) is 0 Å². The van der Waals surface area contributed by atoms with E-state index in [-0.39, 0.29) is 18.0 Å². The molecular weight excluding hydrogens is 316 g/mol. The normalized spacial score (nSPS) is 10.9. The van der Waals surface area contributed by atoms with Crippen molar-refractivity contribution in [2.75, 3.05) is 5.32 Å². The molecule has 4 nitrogen and oxygen atoms in total. The van der Waals surface area contributed by atoms with Gasteiger partial charge in [0, 0.05) is 0 Å². The van der Waals surface area contributed by atoms with E-state index in [1.807, 2.05) is 0 Å². The lowest BCUT2D eigenvalue weighted by atomic mass is 10.3. The van der Waals surface area contributed by atoms with Crippen LogP contribution in [0.4, 0.5) is 32.0 Å². The molecule has 0 aliphatic carbocycles. The Kier molecular flexibility index (Phi) is 4.68. The van der Waals surface area contributed by atoms with E-state index in [2.05, 4.69) is 20.0 Å². The number of hydrogen-bond donors (Lipinski definition) is 1. The maximum atomic E-state index is 13.3. The van der Waals surface area contributed by atoms with Crippen LogP contribution in [0.15, 0.2) is 18.3 Å². The van der Waals surface area contributed by atoms with Crippen LogP contribution >= 0.6 is 0 Å².